The van der Waals surface area contributed by atoms with E-state index in [1.54, 1.807) is 0 Å². The number of amides is 2. The summed E-state index contributed by atoms with van der Waals surface area (Å²) in [6.45, 7) is 1.69. The van der Waals surface area contributed by atoms with E-state index in [2.05, 4.69) is 0 Å². The van der Waals surface area contributed by atoms with Crippen molar-refractivity contribution in [2.24, 2.45) is 5.73 Å². The summed E-state index contributed by atoms with van der Waals surface area (Å²) in [6, 6.07) is 6.96. The van der Waals surface area contributed by atoms with Crippen LogP contribution in [0.1, 0.15) is 24.5 Å². The topological polar surface area (TPSA) is 80.5 Å². The van der Waals surface area contributed by atoms with E-state index >= 15 is 0 Å². The van der Waals surface area contributed by atoms with E-state index in [4.69, 9.17) is 5.73 Å². The number of carbonyl (C=O) groups excluding carboxylic acids is 3. The fraction of sp³-hybridized carbons (Fsp3) is 0.357. The van der Waals surface area contributed by atoms with E-state index < -0.39 is 11.9 Å². The summed E-state index contributed by atoms with van der Waals surface area (Å²) >= 11 is 0. The second-order valence-electron chi connectivity index (χ2n) is 4.79. The lowest BCUT2D eigenvalue weighted by Gasteiger charge is -2.35. The van der Waals surface area contributed by atoms with Gasteiger partial charge >= 0.3 is 0 Å². The molecule has 0 unspecified atom stereocenters. The summed E-state index contributed by atoms with van der Waals surface area (Å²) in [5, 5.41) is 0. The van der Waals surface area contributed by atoms with Crippen molar-refractivity contribution in [3.8, 4) is 0 Å². The molecule has 0 aromatic heterocycles. The quantitative estimate of drug-likeness (QED) is 0.799. The third kappa shape index (κ3) is 2.81. The Labute approximate surface area is 111 Å². The lowest BCUT2D eigenvalue weighted by molar-refractivity contribution is -0.142. The zero-order chi connectivity index (χ0) is 14.0. The lowest BCUT2D eigenvalue weighted by Crippen LogP contribution is -2.51. The predicted octanol–water partition coefficient (Wildman–Crippen LogP) is 0.404. The van der Waals surface area contributed by atoms with Crippen LogP contribution in [0.3, 0.4) is 0 Å². The van der Waals surface area contributed by atoms with Crippen molar-refractivity contribution in [3.05, 3.63) is 35.4 Å². The number of nitrogens with two attached hydrogens (primary N) is 1. The van der Waals surface area contributed by atoms with E-state index in [0.717, 1.165) is 11.1 Å². The van der Waals surface area contributed by atoms with Gasteiger partial charge in [0.05, 0.1) is 6.42 Å². The van der Waals surface area contributed by atoms with Gasteiger partial charge in [-0.15, -0.1) is 0 Å². The fourth-order valence-electron chi connectivity index (χ4n) is 2.35. The largest absolute Gasteiger partial charge is 0.368 e. The van der Waals surface area contributed by atoms with Crippen LogP contribution in [0, 0.1) is 0 Å². The molecule has 1 aromatic rings. The van der Waals surface area contributed by atoms with E-state index in [1.165, 1.54) is 11.8 Å². The van der Waals surface area contributed by atoms with Gasteiger partial charge in [-0.05, 0) is 18.1 Å². The molecule has 2 amide bonds. The standard InChI is InChI=1S/C14H16N2O3/c1-9(17)6-13(18)16-8-11-5-3-2-4-10(11)7-12(16)14(15)19/h2-5,12H,6-8H2,1H3,(H2,15,19)/t12-/m1/s1. The van der Waals surface area contributed by atoms with Gasteiger partial charge in [-0.1, -0.05) is 24.3 Å². The maximum absolute atomic E-state index is 12.0. The van der Waals surface area contributed by atoms with Crippen molar-refractivity contribution in [1.29, 1.82) is 0 Å². The zero-order valence-electron chi connectivity index (χ0n) is 10.8. The number of hydrogen-bond donors (Lipinski definition) is 1. The normalized spacial score (nSPS) is 17.7. The summed E-state index contributed by atoms with van der Waals surface area (Å²) in [4.78, 5) is 36.0. The summed E-state index contributed by atoms with van der Waals surface area (Å²) in [6.07, 6.45) is 0.223. The van der Waals surface area contributed by atoms with Crippen LogP contribution < -0.4 is 5.73 Å². The molecule has 2 N–H and O–H groups in total. The molecule has 5 heteroatoms. The summed E-state index contributed by atoms with van der Waals surface area (Å²) in [5.74, 6) is -1.09. The molecule has 2 rings (SSSR count). The third-order valence-electron chi connectivity index (χ3n) is 3.30. The van der Waals surface area contributed by atoms with Gasteiger partial charge in [0.2, 0.25) is 11.8 Å². The Morgan fingerprint density at radius 1 is 1.26 bits per heavy atom. The monoisotopic (exact) mass is 260 g/mol. The Bertz CT molecular complexity index is 539. The molecule has 19 heavy (non-hydrogen) atoms. The third-order valence-corrected chi connectivity index (χ3v) is 3.30. The molecule has 1 aliphatic rings. The SMILES string of the molecule is CC(=O)CC(=O)N1Cc2ccccc2C[C@@H]1C(N)=O. The highest BCUT2D eigenvalue weighted by Crippen LogP contribution is 2.23. The number of nitrogens with zero attached hydrogens (tertiary/aromatic N) is 1. The van der Waals surface area contributed by atoms with Gasteiger partial charge in [-0.3, -0.25) is 14.4 Å². The number of rotatable bonds is 3. The van der Waals surface area contributed by atoms with Crippen molar-refractivity contribution in [2.75, 3.05) is 0 Å². The molecule has 0 radical (unpaired) electrons. The highest BCUT2D eigenvalue weighted by Gasteiger charge is 2.33. The predicted molar refractivity (Wildman–Crippen MR) is 69.0 cm³/mol. The molecule has 1 aromatic carbocycles. The Balaban J connectivity index is 2.29. The Hall–Kier alpha value is -2.17. The van der Waals surface area contributed by atoms with Gasteiger partial charge in [0.15, 0.2) is 0 Å². The summed E-state index contributed by atoms with van der Waals surface area (Å²) < 4.78 is 0. The zero-order valence-corrected chi connectivity index (χ0v) is 10.8. The average Bonchev–Trinajstić information content (AvgIpc) is 2.36. The van der Waals surface area contributed by atoms with Crippen LogP contribution in [0.15, 0.2) is 24.3 Å². The first kappa shape index (κ1) is 13.3. The van der Waals surface area contributed by atoms with Gasteiger partial charge in [0.1, 0.15) is 11.8 Å². The molecule has 0 saturated heterocycles. The van der Waals surface area contributed by atoms with E-state index in [-0.39, 0.29) is 18.1 Å². The Morgan fingerprint density at radius 3 is 2.47 bits per heavy atom. The molecule has 0 fully saturated rings. The van der Waals surface area contributed by atoms with E-state index in [0.29, 0.717) is 13.0 Å². The molecule has 1 heterocycles. The molecular formula is C14H16N2O3. The molecule has 1 aliphatic heterocycles. The second-order valence-corrected chi connectivity index (χ2v) is 4.79. The molecule has 100 valence electrons. The van der Waals surface area contributed by atoms with Gasteiger partial charge in [-0.25, -0.2) is 0 Å². The number of Topliss-reactive ketones (excluding diaryl/α,β-unsaturated/α-hetero) is 1. The van der Waals surface area contributed by atoms with E-state index in [1.807, 2.05) is 24.3 Å². The first-order chi connectivity index (χ1) is 8.99. The molecule has 0 saturated carbocycles. The number of benzene rings is 1. The van der Waals surface area contributed by atoms with Crippen molar-refractivity contribution in [2.45, 2.75) is 32.4 Å². The molecule has 0 aliphatic carbocycles. The van der Waals surface area contributed by atoms with Crippen molar-refractivity contribution in [3.63, 3.8) is 0 Å². The van der Waals surface area contributed by atoms with E-state index in [9.17, 15) is 14.4 Å². The van der Waals surface area contributed by atoms with Crippen molar-refractivity contribution >= 4 is 17.6 Å². The molecular weight excluding hydrogens is 244 g/mol. The molecule has 0 bridgehead atoms. The highest BCUT2D eigenvalue weighted by atomic mass is 16.2. The Morgan fingerprint density at radius 2 is 1.89 bits per heavy atom. The van der Waals surface area contributed by atoms with Gasteiger partial charge in [-0.2, -0.15) is 0 Å². The Kier molecular flexibility index (Phi) is 3.64. The van der Waals surface area contributed by atoms with Crippen LogP contribution >= 0.6 is 0 Å². The van der Waals surface area contributed by atoms with Crippen molar-refractivity contribution < 1.29 is 14.4 Å². The number of fused-ring (bicyclic) bond motifs is 1. The maximum Gasteiger partial charge on any atom is 0.240 e. The smallest absolute Gasteiger partial charge is 0.240 e. The van der Waals surface area contributed by atoms with Crippen LogP contribution in [-0.2, 0) is 27.3 Å². The minimum Gasteiger partial charge on any atom is -0.368 e. The molecule has 5 nitrogen and oxygen atoms in total. The first-order valence-corrected chi connectivity index (χ1v) is 6.14. The average molecular weight is 260 g/mol. The second kappa shape index (κ2) is 5.22. The highest BCUT2D eigenvalue weighted by molar-refractivity contribution is 5.98. The van der Waals surface area contributed by atoms with Gasteiger partial charge < -0.3 is 10.6 Å². The van der Waals surface area contributed by atoms with Crippen LogP contribution in [0.25, 0.3) is 0 Å². The molecule has 0 spiro atoms. The number of primary amides is 1. The minimum atomic E-state index is -0.665. The van der Waals surface area contributed by atoms with Crippen LogP contribution in [0.2, 0.25) is 0 Å². The number of hydrogen-bond acceptors (Lipinski definition) is 3. The first-order valence-electron chi connectivity index (χ1n) is 6.14. The maximum atomic E-state index is 12.0. The number of ketones is 1. The van der Waals surface area contributed by atoms with Crippen molar-refractivity contribution in [1.82, 2.24) is 4.90 Å². The minimum absolute atomic E-state index is 0.189. The molecule has 1 atom stereocenters. The fourth-order valence-corrected chi connectivity index (χ4v) is 2.35. The van der Waals surface area contributed by atoms with Gasteiger partial charge in [0, 0.05) is 13.0 Å². The summed E-state index contributed by atoms with van der Waals surface area (Å²) in [5.41, 5.74) is 7.39. The number of carbonyl (C=O) groups is 3. The lowest BCUT2D eigenvalue weighted by atomic mass is 9.93. The van der Waals surface area contributed by atoms with Crippen LogP contribution in [-0.4, -0.2) is 28.5 Å². The van der Waals surface area contributed by atoms with Crippen LogP contribution in [0.4, 0.5) is 0 Å². The van der Waals surface area contributed by atoms with Gasteiger partial charge in [0.25, 0.3) is 0 Å². The summed E-state index contributed by atoms with van der Waals surface area (Å²) in [7, 11) is 0. The van der Waals surface area contributed by atoms with Crippen LogP contribution in [0.5, 0.6) is 0 Å².